The molecule has 0 unspecified atom stereocenters. The van der Waals surface area contributed by atoms with Gasteiger partial charge in [-0.3, -0.25) is 19.8 Å². The van der Waals surface area contributed by atoms with Crippen LogP contribution in [-0.2, 0) is 24.2 Å². The van der Waals surface area contributed by atoms with E-state index in [0.717, 1.165) is 120 Å². The van der Waals surface area contributed by atoms with Gasteiger partial charge in [0.1, 0.15) is 28.9 Å². The highest BCUT2D eigenvalue weighted by Gasteiger charge is 2.50. The number of hydrogen-bond donors (Lipinski definition) is 3. The van der Waals surface area contributed by atoms with E-state index in [1.54, 1.807) is 6.07 Å². The van der Waals surface area contributed by atoms with Crippen LogP contribution >= 0.6 is 0 Å². The number of nitro groups is 1. The first-order chi connectivity index (χ1) is 35.6. The monoisotopic (exact) mass is 1020 g/mol. The number of likely N-dealkylation sites (tertiary alicyclic amines) is 1. The van der Waals surface area contributed by atoms with E-state index in [-0.39, 0.29) is 28.6 Å². The Morgan fingerprint density at radius 1 is 0.877 bits per heavy atom. The highest BCUT2D eigenvalue weighted by Crippen LogP contribution is 2.55. The van der Waals surface area contributed by atoms with Crippen molar-refractivity contribution in [1.29, 1.82) is 0 Å². The van der Waals surface area contributed by atoms with E-state index in [1.807, 2.05) is 35.4 Å². The molecular formula is C54H64N8O10S. The molecule has 0 bridgehead atoms. The summed E-state index contributed by atoms with van der Waals surface area (Å²) in [5, 5.41) is 16.3. The maximum atomic E-state index is 14.6. The number of aromatic amines is 1. The van der Waals surface area contributed by atoms with Gasteiger partial charge in [0.25, 0.3) is 21.6 Å². The standard InChI is InChI=1S/C54H64N8O10S/c63-52(58-73(66,67)40-8-10-43(46(28-40)62(64)65)56-31-35-12-22-68-23-13-35)42-9-7-38(27-45(42)61-47-26-37-11-18-55-51(37)57-53(47)72-50-34-70-33-48(50)61)59-20-16-54(17-21-59)29-39(30-54)60-19-3-5-44(60)41-4-1-2-6-49(41)71-32-36-14-24-69-25-15-36/h1-2,4,6-11,18,26-28,35-36,39,44,48,50,56H,3,5,12-17,19-25,29-34H2,(H,55,57)(H,58,63)/t44-,48+,50+/m0/s1. The number of nitro benzene ring substituents is 1. The van der Waals surface area contributed by atoms with Crippen molar-refractivity contribution >= 4 is 55.4 Å². The quantitative estimate of drug-likeness (QED) is 0.0710. The molecule has 1 spiro atoms. The van der Waals surface area contributed by atoms with Gasteiger partial charge >= 0.3 is 0 Å². The van der Waals surface area contributed by atoms with Crippen molar-refractivity contribution in [2.45, 2.75) is 93.3 Å². The van der Waals surface area contributed by atoms with Crippen LogP contribution in [-0.4, -0.2) is 125 Å². The van der Waals surface area contributed by atoms with Crippen LogP contribution in [0.2, 0.25) is 0 Å². The van der Waals surface area contributed by atoms with E-state index >= 15 is 0 Å². The molecule has 5 saturated heterocycles. The summed E-state index contributed by atoms with van der Waals surface area (Å²) in [6, 6.07) is 22.3. The summed E-state index contributed by atoms with van der Waals surface area (Å²) in [5.74, 6) is 1.32. The van der Waals surface area contributed by atoms with E-state index < -0.39 is 37.5 Å². The molecule has 12 rings (SSSR count). The van der Waals surface area contributed by atoms with Crippen LogP contribution in [0.25, 0.3) is 11.0 Å². The lowest BCUT2D eigenvalue weighted by atomic mass is 9.60. The number of fused-ring (bicyclic) bond motifs is 3. The third kappa shape index (κ3) is 9.58. The molecule has 7 aliphatic rings. The molecule has 3 N–H and O–H groups in total. The molecule has 6 fully saturated rings. The number of piperidine rings is 1. The summed E-state index contributed by atoms with van der Waals surface area (Å²) in [6.07, 6.45) is 11.8. The molecule has 73 heavy (non-hydrogen) atoms. The van der Waals surface area contributed by atoms with Gasteiger partial charge in [-0.15, -0.1) is 0 Å². The Labute approximate surface area is 425 Å². The average Bonchev–Trinajstić information content (AvgIpc) is 4.20. The highest BCUT2D eigenvalue weighted by molar-refractivity contribution is 7.90. The summed E-state index contributed by atoms with van der Waals surface area (Å²) in [7, 11) is -4.60. The molecule has 8 heterocycles. The second kappa shape index (κ2) is 20.0. The number of nitrogens with zero attached hydrogens (tertiary/aromatic N) is 5. The van der Waals surface area contributed by atoms with Crippen molar-refractivity contribution in [1.82, 2.24) is 19.6 Å². The third-order valence-corrected chi connectivity index (χ3v) is 18.2. The van der Waals surface area contributed by atoms with Crippen LogP contribution in [0.15, 0.2) is 83.9 Å². The van der Waals surface area contributed by atoms with Gasteiger partial charge in [-0.1, -0.05) is 18.2 Å². The van der Waals surface area contributed by atoms with Crippen molar-refractivity contribution in [2.75, 3.05) is 87.5 Å². The van der Waals surface area contributed by atoms with Crippen LogP contribution in [0.5, 0.6) is 11.6 Å². The van der Waals surface area contributed by atoms with Gasteiger partial charge in [0, 0.05) is 87.0 Å². The summed E-state index contributed by atoms with van der Waals surface area (Å²) >= 11 is 0. The van der Waals surface area contributed by atoms with Gasteiger partial charge in [-0.2, -0.15) is 4.98 Å². The second-order valence-corrected chi connectivity index (χ2v) is 22.9. The molecule has 386 valence electrons. The number of benzene rings is 3. The first-order valence-electron chi connectivity index (χ1n) is 26.2. The number of amides is 1. The van der Waals surface area contributed by atoms with E-state index in [0.29, 0.717) is 73.9 Å². The molecule has 5 aromatic rings. The Hall–Kier alpha value is -5.99. The minimum atomic E-state index is -4.60. The number of hydrogen-bond acceptors (Lipinski definition) is 15. The van der Waals surface area contributed by atoms with Gasteiger partial charge in [0.15, 0.2) is 0 Å². The minimum Gasteiger partial charge on any atom is -0.493 e. The maximum absolute atomic E-state index is 14.6. The summed E-state index contributed by atoms with van der Waals surface area (Å²) in [5.41, 5.74) is 4.14. The molecule has 6 aliphatic heterocycles. The molecule has 19 heteroatoms. The van der Waals surface area contributed by atoms with Crippen LogP contribution in [0.3, 0.4) is 0 Å². The molecular weight excluding hydrogens is 953 g/mol. The van der Waals surface area contributed by atoms with E-state index in [9.17, 15) is 23.3 Å². The molecule has 3 atom stereocenters. The molecule has 0 radical (unpaired) electrons. The number of carbonyl (C=O) groups is 1. The fraction of sp³-hybridized carbons (Fsp3) is 0.519. The van der Waals surface area contributed by atoms with Gasteiger partial charge in [-0.05, 0) is 137 Å². The molecule has 3 aromatic carbocycles. The Kier molecular flexibility index (Phi) is 13.2. The Morgan fingerprint density at radius 3 is 2.45 bits per heavy atom. The SMILES string of the molecule is O=C(NS(=O)(=O)c1ccc(NCC2CCOCC2)c([N+](=O)[O-])c1)c1ccc(N2CCC3(CC2)CC(N2CCC[C@H]2c2ccccc2OCC2CCOCC2)C3)cc1N1c2cc3cc[nH]c3nc2O[C@@H]2COC[C@H]21. The zero-order valence-corrected chi connectivity index (χ0v) is 41.9. The minimum absolute atomic E-state index is 0.107. The number of aromatic nitrogens is 2. The highest BCUT2D eigenvalue weighted by atomic mass is 32.2. The Balaban J connectivity index is 0.787. The number of H-pyrrole nitrogens is 1. The maximum Gasteiger partial charge on any atom is 0.293 e. The second-order valence-electron chi connectivity index (χ2n) is 21.2. The van der Waals surface area contributed by atoms with Crippen molar-refractivity contribution in [3.05, 3.63) is 100 Å². The predicted molar refractivity (Wildman–Crippen MR) is 275 cm³/mol. The third-order valence-electron chi connectivity index (χ3n) is 16.8. The first kappa shape index (κ1) is 48.0. The molecule has 1 aliphatic carbocycles. The van der Waals surface area contributed by atoms with Gasteiger partial charge in [0.2, 0.25) is 5.88 Å². The van der Waals surface area contributed by atoms with Crippen LogP contribution in [0, 0.1) is 27.4 Å². The molecule has 1 amide bonds. The largest absolute Gasteiger partial charge is 0.493 e. The van der Waals surface area contributed by atoms with Crippen molar-refractivity contribution in [3.63, 3.8) is 0 Å². The number of rotatable bonds is 14. The van der Waals surface area contributed by atoms with E-state index in [2.05, 4.69) is 49.1 Å². The smallest absolute Gasteiger partial charge is 0.293 e. The number of pyridine rings is 1. The summed E-state index contributed by atoms with van der Waals surface area (Å²) in [4.78, 5) is 41.1. The van der Waals surface area contributed by atoms with Crippen LogP contribution in [0.4, 0.5) is 28.4 Å². The lowest BCUT2D eigenvalue weighted by Gasteiger charge is -2.56. The number of sulfonamides is 1. The summed E-state index contributed by atoms with van der Waals surface area (Å²) < 4.78 is 60.5. The first-order valence-corrected chi connectivity index (χ1v) is 27.7. The van der Waals surface area contributed by atoms with E-state index in [4.69, 9.17) is 28.7 Å². The average molecular weight is 1020 g/mol. The number of para-hydroxylation sites is 1. The number of nitrogens with one attached hydrogen (secondary N) is 3. The predicted octanol–water partition coefficient (Wildman–Crippen LogP) is 8.12. The van der Waals surface area contributed by atoms with Crippen molar-refractivity contribution in [3.8, 4) is 11.6 Å². The van der Waals surface area contributed by atoms with E-state index in [1.165, 1.54) is 24.1 Å². The number of carbonyl (C=O) groups excluding carboxylic acids is 1. The molecule has 1 saturated carbocycles. The fourth-order valence-corrected chi connectivity index (χ4v) is 13.6. The number of ether oxygens (including phenoxy) is 5. The topological polar surface area (TPSA) is 203 Å². The van der Waals surface area contributed by atoms with Gasteiger partial charge in [0.05, 0.1) is 46.9 Å². The fourth-order valence-electron chi connectivity index (χ4n) is 12.6. The number of anilines is 4. The van der Waals surface area contributed by atoms with Crippen molar-refractivity contribution < 1.29 is 41.8 Å². The lowest BCUT2D eigenvalue weighted by Crippen LogP contribution is -2.55. The van der Waals surface area contributed by atoms with Gasteiger partial charge in [-0.25, -0.2) is 13.1 Å². The zero-order chi connectivity index (χ0) is 49.7. The Morgan fingerprint density at radius 2 is 1.66 bits per heavy atom. The Bertz CT molecular complexity index is 2960. The lowest BCUT2D eigenvalue weighted by molar-refractivity contribution is -0.384. The van der Waals surface area contributed by atoms with Crippen LogP contribution < -0.4 is 29.3 Å². The molecule has 18 nitrogen and oxygen atoms in total. The van der Waals surface area contributed by atoms with Crippen molar-refractivity contribution in [2.24, 2.45) is 17.3 Å². The summed E-state index contributed by atoms with van der Waals surface area (Å²) in [6.45, 7) is 7.47. The normalized spacial score (nSPS) is 23.7. The van der Waals surface area contributed by atoms with Crippen LogP contribution in [0.1, 0.15) is 86.2 Å². The van der Waals surface area contributed by atoms with Gasteiger partial charge < -0.3 is 43.8 Å². The zero-order valence-electron chi connectivity index (χ0n) is 41.0. The molecule has 2 aromatic heterocycles.